The van der Waals surface area contributed by atoms with Gasteiger partial charge in [0.2, 0.25) is 0 Å². The molecule has 2 nitrogen and oxygen atoms in total. The third-order valence-electron chi connectivity index (χ3n) is 3.09. The van der Waals surface area contributed by atoms with Gasteiger partial charge in [-0.3, -0.25) is 0 Å². The van der Waals surface area contributed by atoms with Crippen LogP contribution in [0.3, 0.4) is 0 Å². The minimum Gasteiger partial charge on any atom is -0.489 e. The van der Waals surface area contributed by atoms with E-state index in [1.165, 1.54) is 11.1 Å². The summed E-state index contributed by atoms with van der Waals surface area (Å²) in [6.45, 7) is 6.42. The smallest absolute Gasteiger partial charge is 0.123 e. The van der Waals surface area contributed by atoms with Crippen LogP contribution in [0.5, 0.6) is 5.75 Å². The van der Waals surface area contributed by atoms with Crippen molar-refractivity contribution < 1.29 is 4.74 Å². The number of ether oxygens (including phenoxy) is 1. The SMILES string of the molecule is C=CCc1cc(N)ccc1OCc1ccccc1C. The van der Waals surface area contributed by atoms with Gasteiger partial charge in [-0.2, -0.15) is 0 Å². The molecule has 98 valence electrons. The zero-order valence-corrected chi connectivity index (χ0v) is 11.2. The minimum absolute atomic E-state index is 0.570. The third-order valence-corrected chi connectivity index (χ3v) is 3.09. The molecule has 0 heterocycles. The topological polar surface area (TPSA) is 35.2 Å². The Morgan fingerprint density at radius 1 is 1.16 bits per heavy atom. The number of allylic oxidation sites excluding steroid dienone is 1. The first-order valence-electron chi connectivity index (χ1n) is 6.37. The van der Waals surface area contributed by atoms with Gasteiger partial charge in [-0.15, -0.1) is 6.58 Å². The van der Waals surface area contributed by atoms with Crippen LogP contribution in [0.1, 0.15) is 16.7 Å². The predicted octanol–water partition coefficient (Wildman–Crippen LogP) is 3.88. The third kappa shape index (κ3) is 3.38. The summed E-state index contributed by atoms with van der Waals surface area (Å²) in [6, 6.07) is 14.0. The van der Waals surface area contributed by atoms with Gasteiger partial charge >= 0.3 is 0 Å². The summed E-state index contributed by atoms with van der Waals surface area (Å²) in [4.78, 5) is 0. The molecule has 0 amide bonds. The van der Waals surface area contributed by atoms with Crippen LogP contribution in [0.15, 0.2) is 55.1 Å². The largest absolute Gasteiger partial charge is 0.489 e. The number of anilines is 1. The van der Waals surface area contributed by atoms with Crippen molar-refractivity contribution in [2.45, 2.75) is 20.0 Å². The number of hydrogen-bond donors (Lipinski definition) is 1. The van der Waals surface area contributed by atoms with Crippen LogP contribution >= 0.6 is 0 Å². The van der Waals surface area contributed by atoms with Crippen LogP contribution in [-0.4, -0.2) is 0 Å². The Morgan fingerprint density at radius 2 is 1.95 bits per heavy atom. The molecular formula is C17H19NO. The van der Waals surface area contributed by atoms with Gasteiger partial charge in [0.25, 0.3) is 0 Å². The summed E-state index contributed by atoms with van der Waals surface area (Å²) in [5, 5.41) is 0. The van der Waals surface area contributed by atoms with E-state index in [0.29, 0.717) is 6.61 Å². The van der Waals surface area contributed by atoms with Gasteiger partial charge in [0.1, 0.15) is 12.4 Å². The van der Waals surface area contributed by atoms with Crippen LogP contribution in [0.4, 0.5) is 5.69 Å². The molecule has 2 rings (SSSR count). The monoisotopic (exact) mass is 253 g/mol. The summed E-state index contributed by atoms with van der Waals surface area (Å²) < 4.78 is 5.91. The Morgan fingerprint density at radius 3 is 2.68 bits per heavy atom. The van der Waals surface area contributed by atoms with E-state index < -0.39 is 0 Å². The second-order valence-electron chi connectivity index (χ2n) is 4.58. The van der Waals surface area contributed by atoms with Crippen molar-refractivity contribution in [3.63, 3.8) is 0 Å². The maximum Gasteiger partial charge on any atom is 0.123 e. The van der Waals surface area contributed by atoms with Gasteiger partial charge in [0, 0.05) is 5.69 Å². The van der Waals surface area contributed by atoms with Crippen LogP contribution in [0, 0.1) is 6.92 Å². The molecule has 0 bridgehead atoms. The Hall–Kier alpha value is -2.22. The zero-order valence-electron chi connectivity index (χ0n) is 11.2. The highest BCUT2D eigenvalue weighted by Crippen LogP contribution is 2.23. The van der Waals surface area contributed by atoms with E-state index in [9.17, 15) is 0 Å². The molecular weight excluding hydrogens is 234 g/mol. The van der Waals surface area contributed by atoms with Gasteiger partial charge < -0.3 is 10.5 Å². The highest BCUT2D eigenvalue weighted by Gasteiger charge is 2.04. The Labute approximate surface area is 114 Å². The first-order chi connectivity index (χ1) is 9.20. The van der Waals surface area contributed by atoms with Gasteiger partial charge in [0.15, 0.2) is 0 Å². The summed E-state index contributed by atoms with van der Waals surface area (Å²) in [5.41, 5.74) is 10.1. The number of nitrogen functional groups attached to an aromatic ring is 1. The molecule has 19 heavy (non-hydrogen) atoms. The summed E-state index contributed by atoms with van der Waals surface area (Å²) in [7, 11) is 0. The molecule has 0 unspecified atom stereocenters. The molecule has 0 spiro atoms. The minimum atomic E-state index is 0.570. The van der Waals surface area contributed by atoms with Crippen LogP contribution in [0.25, 0.3) is 0 Å². The Kier molecular flexibility index (Phi) is 4.24. The van der Waals surface area contributed by atoms with E-state index in [2.05, 4.69) is 25.6 Å². The fraction of sp³-hybridized carbons (Fsp3) is 0.176. The standard InChI is InChI=1S/C17H19NO/c1-3-6-14-11-16(18)9-10-17(14)19-12-15-8-5-4-7-13(15)2/h3-5,7-11H,1,6,12,18H2,2H3. The lowest BCUT2D eigenvalue weighted by atomic mass is 10.1. The lowest BCUT2D eigenvalue weighted by Gasteiger charge is -2.12. The second kappa shape index (κ2) is 6.10. The summed E-state index contributed by atoms with van der Waals surface area (Å²) >= 11 is 0. The molecule has 0 aromatic heterocycles. The van der Waals surface area contributed by atoms with Crippen molar-refractivity contribution in [1.29, 1.82) is 0 Å². The molecule has 0 aliphatic rings. The van der Waals surface area contributed by atoms with E-state index in [-0.39, 0.29) is 0 Å². The van der Waals surface area contributed by atoms with Crippen molar-refractivity contribution in [2.75, 3.05) is 5.73 Å². The Balaban J connectivity index is 2.15. The molecule has 0 aliphatic heterocycles. The first kappa shape index (κ1) is 13.2. The molecule has 2 N–H and O–H groups in total. The number of hydrogen-bond acceptors (Lipinski definition) is 2. The molecule has 2 aromatic rings. The quantitative estimate of drug-likeness (QED) is 0.648. The number of aryl methyl sites for hydroxylation is 1. The van der Waals surface area contributed by atoms with Crippen molar-refractivity contribution in [2.24, 2.45) is 0 Å². The maximum absolute atomic E-state index is 5.91. The molecule has 2 heteroatoms. The molecule has 2 aromatic carbocycles. The molecule has 0 saturated carbocycles. The highest BCUT2D eigenvalue weighted by molar-refractivity contribution is 5.48. The number of benzene rings is 2. The van der Waals surface area contributed by atoms with E-state index in [4.69, 9.17) is 10.5 Å². The van der Waals surface area contributed by atoms with Crippen molar-refractivity contribution in [3.05, 3.63) is 71.8 Å². The van der Waals surface area contributed by atoms with Crippen LogP contribution in [-0.2, 0) is 13.0 Å². The lowest BCUT2D eigenvalue weighted by Crippen LogP contribution is -2.00. The highest BCUT2D eigenvalue weighted by atomic mass is 16.5. The van der Waals surface area contributed by atoms with E-state index >= 15 is 0 Å². The van der Waals surface area contributed by atoms with E-state index in [1.807, 2.05) is 36.4 Å². The number of rotatable bonds is 5. The van der Waals surface area contributed by atoms with Crippen molar-refractivity contribution >= 4 is 5.69 Å². The van der Waals surface area contributed by atoms with Crippen molar-refractivity contribution in [1.82, 2.24) is 0 Å². The molecule has 0 radical (unpaired) electrons. The van der Waals surface area contributed by atoms with Gasteiger partial charge in [0.05, 0.1) is 0 Å². The van der Waals surface area contributed by atoms with Crippen molar-refractivity contribution in [3.8, 4) is 5.75 Å². The van der Waals surface area contributed by atoms with Gasteiger partial charge in [-0.25, -0.2) is 0 Å². The van der Waals surface area contributed by atoms with Gasteiger partial charge in [-0.05, 0) is 48.2 Å². The second-order valence-corrected chi connectivity index (χ2v) is 4.58. The normalized spacial score (nSPS) is 10.2. The molecule has 0 atom stereocenters. The molecule has 0 fully saturated rings. The van der Waals surface area contributed by atoms with Crippen LogP contribution < -0.4 is 10.5 Å². The summed E-state index contributed by atoms with van der Waals surface area (Å²) in [6.07, 6.45) is 2.61. The molecule has 0 saturated heterocycles. The first-order valence-corrected chi connectivity index (χ1v) is 6.37. The number of nitrogens with two attached hydrogens (primary N) is 1. The van der Waals surface area contributed by atoms with E-state index in [1.54, 1.807) is 0 Å². The van der Waals surface area contributed by atoms with E-state index in [0.717, 1.165) is 23.4 Å². The lowest BCUT2D eigenvalue weighted by molar-refractivity contribution is 0.303. The zero-order chi connectivity index (χ0) is 13.7. The molecule has 0 aliphatic carbocycles. The average molecular weight is 253 g/mol. The maximum atomic E-state index is 5.91. The fourth-order valence-electron chi connectivity index (χ4n) is 1.98. The fourth-order valence-corrected chi connectivity index (χ4v) is 1.98. The summed E-state index contributed by atoms with van der Waals surface area (Å²) in [5.74, 6) is 0.873. The predicted molar refractivity (Wildman–Crippen MR) is 80.3 cm³/mol. The van der Waals surface area contributed by atoms with Gasteiger partial charge in [-0.1, -0.05) is 30.3 Å². The Bertz CT molecular complexity index is 575. The van der Waals surface area contributed by atoms with Crippen LogP contribution in [0.2, 0.25) is 0 Å². The average Bonchev–Trinajstić information content (AvgIpc) is 2.40.